The Morgan fingerprint density at radius 1 is 0.964 bits per heavy atom. The van der Waals surface area contributed by atoms with E-state index in [4.69, 9.17) is 4.42 Å². The number of pyridine rings is 2. The maximum absolute atomic E-state index is 13.7. The van der Waals surface area contributed by atoms with Crippen LogP contribution in [0.5, 0.6) is 0 Å². The fourth-order valence-corrected chi connectivity index (χ4v) is 3.10. The van der Waals surface area contributed by atoms with Crippen LogP contribution in [0.1, 0.15) is 5.56 Å². The average Bonchev–Trinajstić information content (AvgIpc) is 3.36. The highest BCUT2D eigenvalue weighted by atomic mass is 19.4. The topological polar surface area (TPSA) is 69.1 Å². The van der Waals surface area contributed by atoms with Crippen molar-refractivity contribution in [2.45, 2.75) is 6.18 Å². The van der Waals surface area contributed by atoms with Crippen molar-refractivity contribution in [3.63, 3.8) is 0 Å². The third kappa shape index (κ3) is 2.59. The number of rotatable bonds is 2. The quantitative estimate of drug-likeness (QED) is 0.446. The van der Waals surface area contributed by atoms with Crippen LogP contribution in [-0.4, -0.2) is 24.6 Å². The predicted molar refractivity (Wildman–Crippen MR) is 94.2 cm³/mol. The summed E-state index contributed by atoms with van der Waals surface area (Å²) in [5.74, 6) is 0.215. The average molecular weight is 381 g/mol. The number of halogens is 3. The van der Waals surface area contributed by atoms with Gasteiger partial charge >= 0.3 is 6.18 Å². The molecule has 9 heteroatoms. The lowest BCUT2D eigenvalue weighted by molar-refractivity contribution is -0.137. The molecule has 0 bridgehead atoms. The van der Waals surface area contributed by atoms with Gasteiger partial charge in [0.2, 0.25) is 6.39 Å². The summed E-state index contributed by atoms with van der Waals surface area (Å²) in [6, 6.07) is 12.6. The molecule has 6 nitrogen and oxygen atoms in total. The number of imidazole rings is 1. The largest absolute Gasteiger partial charge is 0.422 e. The molecule has 0 aliphatic carbocycles. The Morgan fingerprint density at radius 3 is 2.50 bits per heavy atom. The van der Waals surface area contributed by atoms with E-state index in [9.17, 15) is 13.2 Å². The maximum atomic E-state index is 13.7. The number of benzene rings is 1. The Kier molecular flexibility index (Phi) is 3.45. The summed E-state index contributed by atoms with van der Waals surface area (Å²) in [6.07, 6.45) is -1.75. The first-order chi connectivity index (χ1) is 13.5. The van der Waals surface area contributed by atoms with Gasteiger partial charge in [0.05, 0.1) is 11.3 Å². The number of aromatic nitrogens is 5. The van der Waals surface area contributed by atoms with Crippen LogP contribution in [0.2, 0.25) is 0 Å². The van der Waals surface area contributed by atoms with E-state index in [0.717, 1.165) is 6.07 Å². The zero-order valence-electron chi connectivity index (χ0n) is 14.1. The van der Waals surface area contributed by atoms with Gasteiger partial charge in [-0.2, -0.15) is 13.2 Å². The Bertz CT molecular complexity index is 1290. The molecule has 4 aromatic heterocycles. The van der Waals surface area contributed by atoms with Crippen molar-refractivity contribution in [2.75, 3.05) is 0 Å². The monoisotopic (exact) mass is 381 g/mol. The highest BCUT2D eigenvalue weighted by Crippen LogP contribution is 2.38. The number of fused-ring (bicyclic) bond motifs is 3. The molecule has 0 atom stereocenters. The smallest absolute Gasteiger partial charge is 0.418 e. The summed E-state index contributed by atoms with van der Waals surface area (Å²) in [6.45, 7) is 0. The van der Waals surface area contributed by atoms with Crippen LogP contribution < -0.4 is 0 Å². The number of alkyl halides is 3. The standard InChI is InChI=1S/C19H10F3N5O/c20-19(21,22)13-8-12-6-7-15-24-14(18-26-23-10-28-18)9-27(15)17(12)25-16(13)11-4-2-1-3-5-11/h1-10H. The highest BCUT2D eigenvalue weighted by molar-refractivity contribution is 5.84. The highest BCUT2D eigenvalue weighted by Gasteiger charge is 2.35. The van der Waals surface area contributed by atoms with Gasteiger partial charge in [-0.25, -0.2) is 9.97 Å². The molecule has 138 valence electrons. The first kappa shape index (κ1) is 16.4. The maximum Gasteiger partial charge on any atom is 0.418 e. The summed E-state index contributed by atoms with van der Waals surface area (Å²) >= 11 is 0. The van der Waals surface area contributed by atoms with Crippen molar-refractivity contribution < 1.29 is 17.6 Å². The van der Waals surface area contributed by atoms with Gasteiger partial charge in [0.15, 0.2) is 0 Å². The summed E-state index contributed by atoms with van der Waals surface area (Å²) in [7, 11) is 0. The predicted octanol–water partition coefficient (Wildman–Crippen LogP) is 4.62. The minimum atomic E-state index is -4.54. The normalized spacial score (nSPS) is 12.1. The van der Waals surface area contributed by atoms with E-state index in [-0.39, 0.29) is 11.6 Å². The molecule has 0 amide bonds. The van der Waals surface area contributed by atoms with Crippen LogP contribution >= 0.6 is 0 Å². The van der Waals surface area contributed by atoms with Crippen molar-refractivity contribution in [1.82, 2.24) is 24.6 Å². The van der Waals surface area contributed by atoms with E-state index >= 15 is 0 Å². The summed E-state index contributed by atoms with van der Waals surface area (Å²) in [4.78, 5) is 8.75. The van der Waals surface area contributed by atoms with Crippen molar-refractivity contribution in [3.8, 4) is 22.8 Å². The lowest BCUT2D eigenvalue weighted by Crippen LogP contribution is -2.09. The fraction of sp³-hybridized carbons (Fsp3) is 0.0526. The fourth-order valence-electron chi connectivity index (χ4n) is 3.10. The second-order valence-corrected chi connectivity index (χ2v) is 6.09. The molecule has 0 aliphatic rings. The molecule has 0 spiro atoms. The van der Waals surface area contributed by atoms with Crippen LogP contribution in [0.15, 0.2) is 65.5 Å². The molecule has 0 radical (unpaired) electrons. The van der Waals surface area contributed by atoms with E-state index in [0.29, 0.717) is 27.9 Å². The Labute approximate surface area is 155 Å². The molecule has 0 N–H and O–H groups in total. The molecule has 5 rings (SSSR count). The van der Waals surface area contributed by atoms with Crippen LogP contribution in [0.3, 0.4) is 0 Å². The Balaban J connectivity index is 1.82. The molecule has 0 saturated carbocycles. The van der Waals surface area contributed by atoms with Crippen molar-refractivity contribution in [2.24, 2.45) is 0 Å². The molecule has 1 aromatic carbocycles. The second-order valence-electron chi connectivity index (χ2n) is 6.09. The van der Waals surface area contributed by atoms with Crippen molar-refractivity contribution >= 4 is 16.7 Å². The third-order valence-electron chi connectivity index (χ3n) is 4.34. The lowest BCUT2D eigenvalue weighted by atomic mass is 10.0. The minimum absolute atomic E-state index is 0.138. The summed E-state index contributed by atoms with van der Waals surface area (Å²) < 4.78 is 47.8. The third-order valence-corrected chi connectivity index (χ3v) is 4.34. The van der Waals surface area contributed by atoms with Gasteiger partial charge in [0, 0.05) is 17.1 Å². The van der Waals surface area contributed by atoms with Crippen LogP contribution in [-0.2, 0) is 6.18 Å². The van der Waals surface area contributed by atoms with Gasteiger partial charge < -0.3 is 4.42 Å². The number of hydrogen-bond acceptors (Lipinski definition) is 5. The van der Waals surface area contributed by atoms with E-state index in [1.807, 2.05) is 0 Å². The molecule has 0 unspecified atom stereocenters. The van der Waals surface area contributed by atoms with Gasteiger partial charge in [0.1, 0.15) is 17.0 Å². The lowest BCUT2D eigenvalue weighted by Gasteiger charge is -2.14. The number of hydrogen-bond donors (Lipinski definition) is 0. The van der Waals surface area contributed by atoms with Gasteiger partial charge in [-0.1, -0.05) is 30.3 Å². The van der Waals surface area contributed by atoms with Crippen molar-refractivity contribution in [3.05, 3.63) is 66.7 Å². The van der Waals surface area contributed by atoms with Gasteiger partial charge in [-0.15, -0.1) is 10.2 Å². The van der Waals surface area contributed by atoms with E-state index in [2.05, 4.69) is 20.2 Å². The molecule has 28 heavy (non-hydrogen) atoms. The summed E-state index contributed by atoms with van der Waals surface area (Å²) in [5.41, 5.74) is 0.720. The second kappa shape index (κ2) is 5.88. The molecule has 5 aromatic rings. The van der Waals surface area contributed by atoms with Crippen LogP contribution in [0.4, 0.5) is 13.2 Å². The van der Waals surface area contributed by atoms with E-state index < -0.39 is 11.7 Å². The zero-order chi connectivity index (χ0) is 19.3. The van der Waals surface area contributed by atoms with Gasteiger partial charge in [-0.3, -0.25) is 4.40 Å². The van der Waals surface area contributed by atoms with Crippen LogP contribution in [0, 0.1) is 0 Å². The van der Waals surface area contributed by atoms with Gasteiger partial charge in [-0.05, 0) is 18.2 Å². The Hall–Kier alpha value is -3.75. The molecule has 0 aliphatic heterocycles. The zero-order valence-corrected chi connectivity index (χ0v) is 14.1. The van der Waals surface area contributed by atoms with Crippen molar-refractivity contribution in [1.29, 1.82) is 0 Å². The molecule has 0 fully saturated rings. The van der Waals surface area contributed by atoms with Crippen LogP contribution in [0.25, 0.3) is 39.5 Å². The van der Waals surface area contributed by atoms with E-state index in [1.165, 1.54) is 6.39 Å². The summed E-state index contributed by atoms with van der Waals surface area (Å²) in [5, 5.41) is 7.77. The molecule has 4 heterocycles. The minimum Gasteiger partial charge on any atom is -0.422 e. The first-order valence-electron chi connectivity index (χ1n) is 8.23. The van der Waals surface area contributed by atoms with E-state index in [1.54, 1.807) is 53.1 Å². The molecule has 0 saturated heterocycles. The van der Waals surface area contributed by atoms with Gasteiger partial charge in [0.25, 0.3) is 5.89 Å². The first-order valence-corrected chi connectivity index (χ1v) is 8.23. The molecular formula is C19H10F3N5O. The SMILES string of the molecule is FC(F)(F)c1cc2ccc3nc(-c4nnco4)cn3c2nc1-c1ccccc1. The molecular weight excluding hydrogens is 371 g/mol. The number of nitrogens with zero attached hydrogens (tertiary/aromatic N) is 5. The Morgan fingerprint density at radius 2 is 1.79 bits per heavy atom.